The molecule has 0 saturated heterocycles. The molecule has 58 valence electrons. The maximum atomic E-state index is 12.5. The Hall–Kier alpha value is -1.45. The first-order valence-electron chi connectivity index (χ1n) is 2.79. The number of rotatable bonds is 2. The summed E-state index contributed by atoms with van der Waals surface area (Å²) in [6.07, 6.45) is 0. The molecule has 11 heavy (non-hydrogen) atoms. The van der Waals surface area contributed by atoms with Crippen LogP contribution in [0.1, 0.15) is 0 Å². The van der Waals surface area contributed by atoms with Crippen molar-refractivity contribution in [2.75, 3.05) is 0 Å². The molecule has 0 unspecified atom stereocenters. The molecule has 0 aliphatic carbocycles. The molecule has 0 radical (unpaired) electrons. The zero-order chi connectivity index (χ0) is 8.27. The van der Waals surface area contributed by atoms with Crippen molar-refractivity contribution in [3.63, 3.8) is 0 Å². The molecule has 1 aromatic carbocycles. The third kappa shape index (κ3) is 1.73. The Morgan fingerprint density at radius 1 is 1.36 bits per heavy atom. The minimum Gasteiger partial charge on any atom is -0.426 e. The monoisotopic (exact) mass is 158 g/mol. The average molecular weight is 158 g/mol. The van der Waals surface area contributed by atoms with E-state index in [9.17, 15) is 13.6 Å². The van der Waals surface area contributed by atoms with Crippen molar-refractivity contribution in [2.45, 2.75) is 0 Å². The first-order chi connectivity index (χ1) is 5.24. The highest BCUT2D eigenvalue weighted by atomic mass is 19.1. The largest absolute Gasteiger partial charge is 0.426 e. The fourth-order valence-electron chi connectivity index (χ4n) is 0.623. The summed E-state index contributed by atoms with van der Waals surface area (Å²) in [7, 11) is 0. The number of ether oxygens (including phenoxy) is 1. The minimum absolute atomic E-state index is 0.0797. The molecule has 0 amide bonds. The number of halogens is 2. The Morgan fingerprint density at radius 3 is 2.64 bits per heavy atom. The quantitative estimate of drug-likeness (QED) is 0.609. The highest BCUT2D eigenvalue weighted by molar-refractivity contribution is 5.45. The van der Waals surface area contributed by atoms with E-state index in [0.29, 0.717) is 6.07 Å². The summed E-state index contributed by atoms with van der Waals surface area (Å²) in [6, 6.07) is 2.68. The van der Waals surface area contributed by atoms with Gasteiger partial charge >= 0.3 is 0 Å². The molecule has 2 nitrogen and oxygen atoms in total. The zero-order valence-corrected chi connectivity index (χ0v) is 5.38. The van der Waals surface area contributed by atoms with Gasteiger partial charge in [0, 0.05) is 6.07 Å². The molecule has 0 aromatic heterocycles. The third-order valence-corrected chi connectivity index (χ3v) is 1.07. The highest BCUT2D eigenvalue weighted by Gasteiger charge is 2.02. The SMILES string of the molecule is O=COc1ccc(F)cc1F. The van der Waals surface area contributed by atoms with Gasteiger partial charge in [0.15, 0.2) is 11.6 Å². The van der Waals surface area contributed by atoms with Crippen LogP contribution in [-0.4, -0.2) is 6.47 Å². The summed E-state index contributed by atoms with van der Waals surface area (Å²) in [5.41, 5.74) is 0. The second-order valence-electron chi connectivity index (χ2n) is 1.79. The van der Waals surface area contributed by atoms with E-state index in [1.54, 1.807) is 0 Å². The summed E-state index contributed by atoms with van der Waals surface area (Å²) in [5, 5.41) is 0. The molecule has 1 rings (SSSR count). The number of carbonyl (C=O) groups is 1. The van der Waals surface area contributed by atoms with Gasteiger partial charge in [-0.05, 0) is 12.1 Å². The molecule has 0 heterocycles. The Labute approximate surface area is 61.4 Å². The van der Waals surface area contributed by atoms with Crippen LogP contribution >= 0.6 is 0 Å². The Morgan fingerprint density at radius 2 is 2.09 bits per heavy atom. The van der Waals surface area contributed by atoms with E-state index in [1.165, 1.54) is 0 Å². The first kappa shape index (κ1) is 7.65. The van der Waals surface area contributed by atoms with E-state index < -0.39 is 11.6 Å². The Kier molecular flexibility index (Phi) is 2.15. The molecule has 1 aromatic rings. The predicted octanol–water partition coefficient (Wildman–Crippen LogP) is 1.50. The standard InChI is InChI=1S/C7H4F2O2/c8-5-1-2-7(11-4-10)6(9)3-5/h1-4H. The molecule has 0 aliphatic rings. The van der Waals surface area contributed by atoms with Gasteiger partial charge < -0.3 is 4.74 Å². The fraction of sp³-hybridized carbons (Fsp3) is 0. The summed E-state index contributed by atoms with van der Waals surface area (Å²) in [5.74, 6) is -1.88. The number of hydrogen-bond donors (Lipinski definition) is 0. The maximum absolute atomic E-state index is 12.5. The number of benzene rings is 1. The molecule has 4 heteroatoms. The van der Waals surface area contributed by atoms with Crippen LogP contribution in [0.4, 0.5) is 8.78 Å². The van der Waals surface area contributed by atoms with Crippen LogP contribution in [0.3, 0.4) is 0 Å². The van der Waals surface area contributed by atoms with Gasteiger partial charge in [-0.25, -0.2) is 8.78 Å². The molecule has 0 spiro atoms. The van der Waals surface area contributed by atoms with E-state index in [1.807, 2.05) is 0 Å². The van der Waals surface area contributed by atoms with E-state index in [-0.39, 0.29) is 12.2 Å². The fourth-order valence-corrected chi connectivity index (χ4v) is 0.623. The second-order valence-corrected chi connectivity index (χ2v) is 1.79. The van der Waals surface area contributed by atoms with Crippen molar-refractivity contribution in [3.8, 4) is 5.75 Å². The summed E-state index contributed by atoms with van der Waals surface area (Å²) in [6.45, 7) is 0.0797. The Balaban J connectivity index is 2.98. The summed E-state index contributed by atoms with van der Waals surface area (Å²) < 4.78 is 28.9. The van der Waals surface area contributed by atoms with E-state index in [2.05, 4.69) is 4.74 Å². The van der Waals surface area contributed by atoms with Crippen molar-refractivity contribution >= 4 is 6.47 Å². The van der Waals surface area contributed by atoms with Crippen LogP contribution in [0.2, 0.25) is 0 Å². The maximum Gasteiger partial charge on any atom is 0.298 e. The van der Waals surface area contributed by atoms with Gasteiger partial charge in [0.2, 0.25) is 0 Å². The first-order valence-corrected chi connectivity index (χ1v) is 2.79. The van der Waals surface area contributed by atoms with Crippen LogP contribution in [0.15, 0.2) is 18.2 Å². The van der Waals surface area contributed by atoms with E-state index in [4.69, 9.17) is 0 Å². The summed E-state index contributed by atoms with van der Waals surface area (Å²) in [4.78, 5) is 9.73. The molecular weight excluding hydrogens is 154 g/mol. The van der Waals surface area contributed by atoms with Gasteiger partial charge in [-0.3, -0.25) is 4.79 Å². The van der Waals surface area contributed by atoms with E-state index >= 15 is 0 Å². The van der Waals surface area contributed by atoms with Crippen LogP contribution in [0.5, 0.6) is 5.75 Å². The van der Waals surface area contributed by atoms with Crippen molar-refractivity contribution in [1.29, 1.82) is 0 Å². The van der Waals surface area contributed by atoms with Gasteiger partial charge in [0.25, 0.3) is 6.47 Å². The molecule has 0 atom stereocenters. The highest BCUT2D eigenvalue weighted by Crippen LogP contribution is 2.16. The van der Waals surface area contributed by atoms with Crippen molar-refractivity contribution in [1.82, 2.24) is 0 Å². The molecule has 0 N–H and O–H groups in total. The topological polar surface area (TPSA) is 26.3 Å². The van der Waals surface area contributed by atoms with Crippen LogP contribution < -0.4 is 4.74 Å². The van der Waals surface area contributed by atoms with Gasteiger partial charge in [0.05, 0.1) is 0 Å². The molecule has 0 aliphatic heterocycles. The summed E-state index contributed by atoms with van der Waals surface area (Å²) >= 11 is 0. The van der Waals surface area contributed by atoms with Gasteiger partial charge in [-0.1, -0.05) is 0 Å². The molecular formula is C7H4F2O2. The molecule has 0 fully saturated rings. The zero-order valence-electron chi connectivity index (χ0n) is 5.38. The molecule has 0 bridgehead atoms. The lowest BCUT2D eigenvalue weighted by Crippen LogP contribution is -1.92. The second kappa shape index (κ2) is 3.09. The van der Waals surface area contributed by atoms with Gasteiger partial charge in [0.1, 0.15) is 5.82 Å². The van der Waals surface area contributed by atoms with Crippen LogP contribution in [-0.2, 0) is 4.79 Å². The number of hydrogen-bond acceptors (Lipinski definition) is 2. The Bertz CT molecular complexity index is 273. The third-order valence-electron chi connectivity index (χ3n) is 1.07. The van der Waals surface area contributed by atoms with Crippen molar-refractivity contribution in [2.24, 2.45) is 0 Å². The van der Waals surface area contributed by atoms with Gasteiger partial charge in [-0.15, -0.1) is 0 Å². The molecule has 0 saturated carbocycles. The number of carbonyl (C=O) groups excluding carboxylic acids is 1. The van der Waals surface area contributed by atoms with Crippen molar-refractivity contribution in [3.05, 3.63) is 29.8 Å². The minimum atomic E-state index is -0.892. The smallest absolute Gasteiger partial charge is 0.298 e. The van der Waals surface area contributed by atoms with E-state index in [0.717, 1.165) is 12.1 Å². The average Bonchev–Trinajstić information content (AvgIpc) is 1.95. The predicted molar refractivity (Wildman–Crippen MR) is 33.1 cm³/mol. The van der Waals surface area contributed by atoms with Crippen molar-refractivity contribution < 1.29 is 18.3 Å². The lowest BCUT2D eigenvalue weighted by atomic mass is 10.3. The lowest BCUT2D eigenvalue weighted by molar-refractivity contribution is -0.120. The lowest BCUT2D eigenvalue weighted by Gasteiger charge is -1.97. The van der Waals surface area contributed by atoms with Gasteiger partial charge in [-0.2, -0.15) is 0 Å². The van der Waals surface area contributed by atoms with Crippen LogP contribution in [0, 0.1) is 11.6 Å². The normalized spacial score (nSPS) is 9.27. The van der Waals surface area contributed by atoms with Crippen LogP contribution in [0.25, 0.3) is 0 Å².